The third-order valence-corrected chi connectivity index (χ3v) is 4.01. The zero-order valence-corrected chi connectivity index (χ0v) is 14.0. The van der Waals surface area contributed by atoms with E-state index in [4.69, 9.17) is 0 Å². The molecule has 2 aromatic rings. The van der Waals surface area contributed by atoms with Crippen LogP contribution in [0.4, 0.5) is 11.6 Å². The highest BCUT2D eigenvalue weighted by atomic mass is 16.2. The number of carbonyl (C=O) groups is 1. The van der Waals surface area contributed by atoms with Gasteiger partial charge in [0.25, 0.3) is 0 Å². The van der Waals surface area contributed by atoms with Crippen molar-refractivity contribution in [2.45, 2.75) is 19.9 Å². The van der Waals surface area contributed by atoms with Crippen LogP contribution >= 0.6 is 0 Å². The van der Waals surface area contributed by atoms with Crippen LogP contribution in [-0.4, -0.2) is 47.0 Å². The van der Waals surface area contributed by atoms with Gasteiger partial charge in [-0.15, -0.1) is 0 Å². The van der Waals surface area contributed by atoms with E-state index in [0.29, 0.717) is 25.6 Å². The van der Waals surface area contributed by atoms with Gasteiger partial charge in [-0.05, 0) is 18.6 Å². The highest BCUT2D eigenvalue weighted by molar-refractivity contribution is 5.95. The lowest BCUT2D eigenvalue weighted by atomic mass is 10.2. The number of para-hydroxylation sites is 1. The predicted octanol–water partition coefficient (Wildman–Crippen LogP) is 2.15. The van der Waals surface area contributed by atoms with E-state index in [1.807, 2.05) is 47.6 Å². The topological polar surface area (TPSA) is 61.4 Å². The van der Waals surface area contributed by atoms with Crippen LogP contribution in [0.25, 0.3) is 0 Å². The maximum absolute atomic E-state index is 12.4. The number of nitrogens with one attached hydrogen (secondary N) is 1. The number of aromatic nitrogens is 2. The highest BCUT2D eigenvalue weighted by Gasteiger charge is 2.24. The van der Waals surface area contributed by atoms with Crippen LogP contribution in [0.15, 0.2) is 42.7 Å². The average molecular weight is 325 g/mol. The molecule has 0 spiro atoms. The fourth-order valence-electron chi connectivity index (χ4n) is 2.76. The van der Waals surface area contributed by atoms with Gasteiger partial charge in [0.05, 0.1) is 6.54 Å². The number of amides is 1. The molecule has 3 rings (SSSR count). The molecule has 0 atom stereocenters. The van der Waals surface area contributed by atoms with Crippen LogP contribution in [0.3, 0.4) is 0 Å². The van der Waals surface area contributed by atoms with Crippen LogP contribution in [-0.2, 0) is 11.3 Å². The molecule has 6 heteroatoms. The summed E-state index contributed by atoms with van der Waals surface area (Å²) in [7, 11) is 0. The van der Waals surface area contributed by atoms with E-state index >= 15 is 0 Å². The number of anilines is 2. The molecule has 6 nitrogen and oxygen atoms in total. The SMILES string of the molecule is CCCNc1ncc(CN2CCN(c3ccccc3)C(=O)C2)cn1. The number of benzene rings is 1. The van der Waals surface area contributed by atoms with Gasteiger partial charge in [-0.1, -0.05) is 25.1 Å². The summed E-state index contributed by atoms with van der Waals surface area (Å²) in [6.07, 6.45) is 4.71. The highest BCUT2D eigenvalue weighted by Crippen LogP contribution is 2.17. The van der Waals surface area contributed by atoms with E-state index in [2.05, 4.69) is 27.1 Å². The van der Waals surface area contributed by atoms with Crippen molar-refractivity contribution in [2.24, 2.45) is 0 Å². The van der Waals surface area contributed by atoms with E-state index in [9.17, 15) is 4.79 Å². The van der Waals surface area contributed by atoms with E-state index in [1.165, 1.54) is 0 Å². The van der Waals surface area contributed by atoms with Crippen molar-refractivity contribution < 1.29 is 4.79 Å². The third-order valence-electron chi connectivity index (χ3n) is 4.01. The van der Waals surface area contributed by atoms with Crippen LogP contribution in [0.5, 0.6) is 0 Å². The summed E-state index contributed by atoms with van der Waals surface area (Å²) < 4.78 is 0. The summed E-state index contributed by atoms with van der Waals surface area (Å²) in [6, 6.07) is 9.83. The van der Waals surface area contributed by atoms with E-state index in [1.54, 1.807) is 0 Å². The second kappa shape index (κ2) is 7.88. The number of hydrogen-bond acceptors (Lipinski definition) is 5. The zero-order chi connectivity index (χ0) is 16.8. The minimum Gasteiger partial charge on any atom is -0.354 e. The van der Waals surface area contributed by atoms with Crippen molar-refractivity contribution in [3.63, 3.8) is 0 Å². The number of carbonyl (C=O) groups excluding carboxylic acids is 1. The van der Waals surface area contributed by atoms with Crippen molar-refractivity contribution in [3.8, 4) is 0 Å². The molecule has 1 aliphatic rings. The molecule has 1 N–H and O–H groups in total. The van der Waals surface area contributed by atoms with Crippen LogP contribution < -0.4 is 10.2 Å². The molecule has 1 aromatic carbocycles. The quantitative estimate of drug-likeness (QED) is 0.882. The summed E-state index contributed by atoms with van der Waals surface area (Å²) in [6.45, 7) is 5.65. The molecule has 0 unspecified atom stereocenters. The molecule has 1 saturated heterocycles. The monoisotopic (exact) mass is 325 g/mol. The second-order valence-corrected chi connectivity index (χ2v) is 5.93. The first kappa shape index (κ1) is 16.4. The lowest BCUT2D eigenvalue weighted by Gasteiger charge is -2.34. The molecular formula is C18H23N5O. The predicted molar refractivity (Wildman–Crippen MR) is 94.9 cm³/mol. The van der Waals surface area contributed by atoms with E-state index in [-0.39, 0.29) is 5.91 Å². The molecular weight excluding hydrogens is 302 g/mol. The number of rotatable bonds is 6. The molecule has 0 bridgehead atoms. The molecule has 0 radical (unpaired) electrons. The Morgan fingerprint density at radius 2 is 1.88 bits per heavy atom. The Labute approximate surface area is 142 Å². The molecule has 24 heavy (non-hydrogen) atoms. The lowest BCUT2D eigenvalue weighted by molar-refractivity contribution is -0.121. The van der Waals surface area contributed by atoms with Crippen molar-refractivity contribution >= 4 is 17.5 Å². The zero-order valence-electron chi connectivity index (χ0n) is 14.0. The second-order valence-electron chi connectivity index (χ2n) is 5.93. The minimum absolute atomic E-state index is 0.134. The van der Waals surface area contributed by atoms with Crippen LogP contribution in [0.2, 0.25) is 0 Å². The summed E-state index contributed by atoms with van der Waals surface area (Å²) in [5.41, 5.74) is 2.00. The first-order valence-electron chi connectivity index (χ1n) is 8.39. The fraction of sp³-hybridized carbons (Fsp3) is 0.389. The molecule has 1 aromatic heterocycles. The first-order chi connectivity index (χ1) is 11.8. The Balaban J connectivity index is 1.55. The van der Waals surface area contributed by atoms with Gasteiger partial charge in [-0.25, -0.2) is 9.97 Å². The average Bonchev–Trinajstić information content (AvgIpc) is 2.62. The normalized spacial score (nSPS) is 15.5. The summed E-state index contributed by atoms with van der Waals surface area (Å²) >= 11 is 0. The Hall–Kier alpha value is -2.47. The van der Waals surface area contributed by atoms with Crippen LogP contribution in [0, 0.1) is 0 Å². The van der Waals surface area contributed by atoms with E-state index < -0.39 is 0 Å². The molecule has 126 valence electrons. The minimum atomic E-state index is 0.134. The Morgan fingerprint density at radius 1 is 1.12 bits per heavy atom. The van der Waals surface area contributed by atoms with Gasteiger partial charge in [-0.2, -0.15) is 0 Å². The van der Waals surface area contributed by atoms with Crippen molar-refractivity contribution in [3.05, 3.63) is 48.3 Å². The van der Waals surface area contributed by atoms with Gasteiger partial charge in [0.1, 0.15) is 0 Å². The van der Waals surface area contributed by atoms with Gasteiger partial charge < -0.3 is 10.2 Å². The Bertz CT molecular complexity index is 659. The molecule has 0 aliphatic carbocycles. The summed E-state index contributed by atoms with van der Waals surface area (Å²) in [5.74, 6) is 0.792. The summed E-state index contributed by atoms with van der Waals surface area (Å²) in [5, 5.41) is 3.16. The summed E-state index contributed by atoms with van der Waals surface area (Å²) in [4.78, 5) is 25.0. The molecule has 1 fully saturated rings. The number of nitrogens with zero attached hydrogens (tertiary/aromatic N) is 4. The third kappa shape index (κ3) is 4.08. The van der Waals surface area contributed by atoms with Gasteiger partial charge in [0.15, 0.2) is 0 Å². The molecule has 0 saturated carbocycles. The smallest absolute Gasteiger partial charge is 0.241 e. The van der Waals surface area contributed by atoms with Crippen molar-refractivity contribution in [1.82, 2.24) is 14.9 Å². The largest absolute Gasteiger partial charge is 0.354 e. The van der Waals surface area contributed by atoms with Crippen molar-refractivity contribution in [2.75, 3.05) is 36.4 Å². The molecule has 1 amide bonds. The van der Waals surface area contributed by atoms with E-state index in [0.717, 1.165) is 30.8 Å². The standard InChI is InChI=1S/C18H23N5O/c1-2-8-19-18-20-11-15(12-21-18)13-22-9-10-23(17(24)14-22)16-6-4-3-5-7-16/h3-7,11-12H,2,8-10,13-14H2,1H3,(H,19,20,21). The van der Waals surface area contributed by atoms with Gasteiger partial charge in [-0.3, -0.25) is 9.69 Å². The van der Waals surface area contributed by atoms with Gasteiger partial charge in [0, 0.05) is 49.8 Å². The van der Waals surface area contributed by atoms with Crippen molar-refractivity contribution in [1.29, 1.82) is 0 Å². The fourth-order valence-corrected chi connectivity index (χ4v) is 2.76. The Kier molecular flexibility index (Phi) is 5.38. The first-order valence-corrected chi connectivity index (χ1v) is 8.39. The molecule has 2 heterocycles. The maximum Gasteiger partial charge on any atom is 0.241 e. The maximum atomic E-state index is 12.4. The van der Waals surface area contributed by atoms with Gasteiger partial charge in [0.2, 0.25) is 11.9 Å². The lowest BCUT2D eigenvalue weighted by Crippen LogP contribution is -2.50. The van der Waals surface area contributed by atoms with Crippen LogP contribution in [0.1, 0.15) is 18.9 Å². The van der Waals surface area contributed by atoms with Gasteiger partial charge >= 0.3 is 0 Å². The number of piperazine rings is 1. The molecule has 1 aliphatic heterocycles. The number of hydrogen-bond donors (Lipinski definition) is 1. The Morgan fingerprint density at radius 3 is 2.54 bits per heavy atom.